The van der Waals surface area contributed by atoms with Crippen LogP contribution in [-0.4, -0.2) is 42.8 Å². The molecule has 0 aromatic rings. The number of carbonyl (C=O) groups excluding carboxylic acids is 1. The number of ether oxygens (including phenoxy) is 1. The Morgan fingerprint density at radius 1 is 1.29 bits per heavy atom. The first-order valence-electron chi connectivity index (χ1n) is 6.75. The zero-order valence-electron chi connectivity index (χ0n) is 11.5. The second kappa shape index (κ2) is 6.84. The molecule has 0 aliphatic carbocycles. The van der Waals surface area contributed by atoms with Crippen LogP contribution in [0.1, 0.15) is 40.5 Å². The summed E-state index contributed by atoms with van der Waals surface area (Å²) < 4.78 is 5.61. The van der Waals surface area contributed by atoms with Gasteiger partial charge < -0.3 is 15.0 Å². The third kappa shape index (κ3) is 4.54. The third-order valence-electron chi connectivity index (χ3n) is 3.40. The average Bonchev–Trinajstić information content (AvgIpc) is 2.28. The minimum Gasteiger partial charge on any atom is -0.372 e. The normalized spacial score (nSPS) is 25.1. The quantitative estimate of drug-likeness (QED) is 0.821. The van der Waals surface area contributed by atoms with E-state index in [1.165, 1.54) is 0 Å². The number of hydrogen-bond donors (Lipinski definition) is 1. The van der Waals surface area contributed by atoms with Gasteiger partial charge in [-0.1, -0.05) is 26.7 Å². The number of amides is 2. The number of morpholine rings is 1. The molecule has 1 heterocycles. The van der Waals surface area contributed by atoms with Crippen molar-refractivity contribution in [2.24, 2.45) is 5.92 Å². The Morgan fingerprint density at radius 2 is 1.82 bits per heavy atom. The fraction of sp³-hybridized carbons (Fsp3) is 0.923. The van der Waals surface area contributed by atoms with Crippen molar-refractivity contribution in [2.45, 2.75) is 52.7 Å². The second-order valence-electron chi connectivity index (χ2n) is 5.03. The van der Waals surface area contributed by atoms with Crippen molar-refractivity contribution in [2.75, 3.05) is 19.6 Å². The molecule has 1 saturated heterocycles. The molecule has 0 spiro atoms. The maximum atomic E-state index is 12.0. The molecule has 2 atom stereocenters. The molecular formula is C13H26N2O2. The summed E-state index contributed by atoms with van der Waals surface area (Å²) in [5.41, 5.74) is 0. The van der Waals surface area contributed by atoms with Gasteiger partial charge in [-0.25, -0.2) is 4.79 Å². The van der Waals surface area contributed by atoms with Gasteiger partial charge in [0.05, 0.1) is 12.2 Å². The number of urea groups is 1. The topological polar surface area (TPSA) is 41.6 Å². The Balaban J connectivity index is 2.36. The average molecular weight is 242 g/mol. The molecule has 0 radical (unpaired) electrons. The van der Waals surface area contributed by atoms with Gasteiger partial charge in [0, 0.05) is 19.6 Å². The van der Waals surface area contributed by atoms with Gasteiger partial charge in [0.15, 0.2) is 0 Å². The lowest BCUT2D eigenvalue weighted by Gasteiger charge is -2.35. The van der Waals surface area contributed by atoms with Crippen molar-refractivity contribution in [1.82, 2.24) is 10.2 Å². The lowest BCUT2D eigenvalue weighted by molar-refractivity contribution is -0.0545. The van der Waals surface area contributed by atoms with E-state index in [0.29, 0.717) is 19.0 Å². The van der Waals surface area contributed by atoms with Gasteiger partial charge in [-0.15, -0.1) is 0 Å². The van der Waals surface area contributed by atoms with Crippen LogP contribution >= 0.6 is 0 Å². The van der Waals surface area contributed by atoms with E-state index in [1.54, 1.807) is 0 Å². The Bertz CT molecular complexity index is 232. The Hall–Kier alpha value is -0.770. The summed E-state index contributed by atoms with van der Waals surface area (Å²) in [5, 5.41) is 3.03. The summed E-state index contributed by atoms with van der Waals surface area (Å²) in [6.07, 6.45) is 2.51. The first-order chi connectivity index (χ1) is 8.06. The lowest BCUT2D eigenvalue weighted by atomic mass is 10.0. The van der Waals surface area contributed by atoms with Gasteiger partial charge in [0.25, 0.3) is 0 Å². The van der Waals surface area contributed by atoms with E-state index in [2.05, 4.69) is 19.2 Å². The largest absolute Gasteiger partial charge is 0.372 e. The first kappa shape index (κ1) is 14.3. The van der Waals surface area contributed by atoms with Crippen LogP contribution in [0.15, 0.2) is 0 Å². The van der Waals surface area contributed by atoms with Crippen molar-refractivity contribution in [1.29, 1.82) is 0 Å². The molecule has 4 nitrogen and oxygen atoms in total. The summed E-state index contributed by atoms with van der Waals surface area (Å²) >= 11 is 0. The van der Waals surface area contributed by atoms with Crippen molar-refractivity contribution in [3.05, 3.63) is 0 Å². The Labute approximate surface area is 105 Å². The maximum absolute atomic E-state index is 12.0. The zero-order chi connectivity index (χ0) is 12.8. The summed E-state index contributed by atoms with van der Waals surface area (Å²) in [5.74, 6) is 0.592. The standard InChI is InChI=1S/C13H26N2O2/c1-5-12(6-2)7-14-13(16)15-8-10(3)17-11(4)9-15/h10-12H,5-9H2,1-4H3,(H,14,16)/t10-,11+. The van der Waals surface area contributed by atoms with Crippen molar-refractivity contribution >= 4 is 6.03 Å². The van der Waals surface area contributed by atoms with Crippen LogP contribution in [0.4, 0.5) is 4.79 Å². The minimum absolute atomic E-state index is 0.0545. The maximum Gasteiger partial charge on any atom is 0.317 e. The van der Waals surface area contributed by atoms with E-state index in [9.17, 15) is 4.79 Å². The van der Waals surface area contributed by atoms with Crippen molar-refractivity contribution < 1.29 is 9.53 Å². The van der Waals surface area contributed by atoms with Crippen molar-refractivity contribution in [3.8, 4) is 0 Å². The predicted molar refractivity (Wildman–Crippen MR) is 69.1 cm³/mol. The van der Waals surface area contributed by atoms with Gasteiger partial charge in [-0.2, -0.15) is 0 Å². The van der Waals surface area contributed by atoms with Gasteiger partial charge in [0.2, 0.25) is 0 Å². The highest BCUT2D eigenvalue weighted by Gasteiger charge is 2.25. The van der Waals surface area contributed by atoms with Crippen molar-refractivity contribution in [3.63, 3.8) is 0 Å². The highest BCUT2D eigenvalue weighted by molar-refractivity contribution is 5.74. The molecule has 2 amide bonds. The number of nitrogens with zero attached hydrogens (tertiary/aromatic N) is 1. The summed E-state index contributed by atoms with van der Waals surface area (Å²) in [7, 11) is 0. The van der Waals surface area contributed by atoms with Crippen LogP contribution in [0.5, 0.6) is 0 Å². The summed E-state index contributed by atoms with van der Waals surface area (Å²) in [6.45, 7) is 10.5. The summed E-state index contributed by atoms with van der Waals surface area (Å²) in [6, 6.07) is 0.0545. The highest BCUT2D eigenvalue weighted by atomic mass is 16.5. The fourth-order valence-electron chi connectivity index (χ4n) is 2.26. The van der Waals surface area contributed by atoms with Crippen LogP contribution in [0, 0.1) is 5.92 Å². The molecule has 0 bridgehead atoms. The number of carbonyl (C=O) groups is 1. The number of rotatable bonds is 4. The van der Waals surface area contributed by atoms with Gasteiger partial charge in [0.1, 0.15) is 0 Å². The molecule has 4 heteroatoms. The Morgan fingerprint density at radius 3 is 2.29 bits per heavy atom. The van der Waals surface area contributed by atoms with Gasteiger partial charge in [-0.05, 0) is 19.8 Å². The zero-order valence-corrected chi connectivity index (χ0v) is 11.5. The molecule has 17 heavy (non-hydrogen) atoms. The predicted octanol–water partition coefficient (Wildman–Crippen LogP) is 2.24. The minimum atomic E-state index is 0.0545. The Kier molecular flexibility index (Phi) is 5.75. The summed E-state index contributed by atoms with van der Waals surface area (Å²) in [4.78, 5) is 13.8. The van der Waals surface area contributed by atoms with E-state index in [4.69, 9.17) is 4.74 Å². The van der Waals surface area contributed by atoms with E-state index < -0.39 is 0 Å². The molecule has 100 valence electrons. The van der Waals surface area contributed by atoms with E-state index in [0.717, 1.165) is 19.4 Å². The molecule has 0 unspecified atom stereocenters. The monoisotopic (exact) mass is 242 g/mol. The fourth-order valence-corrected chi connectivity index (χ4v) is 2.26. The van der Waals surface area contributed by atoms with Crippen LogP contribution in [0.2, 0.25) is 0 Å². The van der Waals surface area contributed by atoms with E-state index in [-0.39, 0.29) is 18.2 Å². The number of nitrogens with one attached hydrogen (secondary N) is 1. The van der Waals surface area contributed by atoms with Crippen LogP contribution in [0.3, 0.4) is 0 Å². The highest BCUT2D eigenvalue weighted by Crippen LogP contribution is 2.11. The molecule has 1 N–H and O–H groups in total. The first-order valence-corrected chi connectivity index (χ1v) is 6.75. The molecule has 0 aromatic heterocycles. The SMILES string of the molecule is CCC(CC)CNC(=O)N1C[C@@H](C)O[C@@H](C)C1. The molecule has 1 rings (SSSR count). The third-order valence-corrected chi connectivity index (χ3v) is 3.40. The second-order valence-corrected chi connectivity index (χ2v) is 5.03. The van der Waals surface area contributed by atoms with Crippen LogP contribution < -0.4 is 5.32 Å². The van der Waals surface area contributed by atoms with Gasteiger partial charge in [-0.3, -0.25) is 0 Å². The molecule has 0 aromatic carbocycles. The molecular weight excluding hydrogens is 216 g/mol. The number of hydrogen-bond acceptors (Lipinski definition) is 2. The molecule has 1 aliphatic rings. The molecule has 1 fully saturated rings. The van der Waals surface area contributed by atoms with E-state index in [1.807, 2.05) is 18.7 Å². The lowest BCUT2D eigenvalue weighted by Crippen LogP contribution is -2.52. The molecule has 0 saturated carbocycles. The smallest absolute Gasteiger partial charge is 0.317 e. The van der Waals surface area contributed by atoms with Gasteiger partial charge >= 0.3 is 6.03 Å². The molecule has 1 aliphatic heterocycles. The van der Waals surface area contributed by atoms with E-state index >= 15 is 0 Å². The van der Waals surface area contributed by atoms with Crippen LogP contribution in [-0.2, 0) is 4.74 Å². The van der Waals surface area contributed by atoms with Crippen LogP contribution in [0.25, 0.3) is 0 Å².